The monoisotopic (exact) mass is 444 g/mol. The zero-order chi connectivity index (χ0) is 22.5. The molecule has 0 unspecified atom stereocenters. The summed E-state index contributed by atoms with van der Waals surface area (Å²) in [5, 5.41) is 2.20. The molecule has 0 heterocycles. The standard InChI is InChI=1S/C19H19F3N2O5S/c1-12(2)24-30(27,28)16-8-3-5-13(9-16)18(26)29-11-17(25)23-15-7-4-6-14(10-15)19(20,21)22/h3-10,12,24H,11H2,1-2H3,(H,23,25). The van der Waals surface area contributed by atoms with Crippen molar-refractivity contribution in [1.29, 1.82) is 0 Å². The fourth-order valence-corrected chi connectivity index (χ4v) is 3.65. The maximum atomic E-state index is 12.7. The molecule has 7 nitrogen and oxygen atoms in total. The van der Waals surface area contributed by atoms with Crippen molar-refractivity contribution < 1.29 is 35.9 Å². The van der Waals surface area contributed by atoms with E-state index < -0.39 is 40.2 Å². The van der Waals surface area contributed by atoms with Gasteiger partial charge in [-0.15, -0.1) is 0 Å². The number of carbonyl (C=O) groups excluding carboxylic acids is 2. The number of amides is 1. The highest BCUT2D eigenvalue weighted by Gasteiger charge is 2.30. The lowest BCUT2D eigenvalue weighted by molar-refractivity contribution is -0.137. The quantitative estimate of drug-likeness (QED) is 0.639. The molecule has 0 saturated carbocycles. The highest BCUT2D eigenvalue weighted by molar-refractivity contribution is 7.89. The molecule has 2 aromatic carbocycles. The van der Waals surface area contributed by atoms with Gasteiger partial charge in [-0.25, -0.2) is 17.9 Å². The average molecular weight is 444 g/mol. The Morgan fingerprint density at radius 3 is 2.37 bits per heavy atom. The minimum absolute atomic E-state index is 0.103. The van der Waals surface area contributed by atoms with Crippen LogP contribution in [0.2, 0.25) is 0 Å². The molecular formula is C19H19F3N2O5S. The van der Waals surface area contributed by atoms with Crippen molar-refractivity contribution in [3.8, 4) is 0 Å². The van der Waals surface area contributed by atoms with E-state index in [2.05, 4.69) is 10.0 Å². The molecule has 0 bridgehead atoms. The molecule has 162 valence electrons. The number of ether oxygens (including phenoxy) is 1. The van der Waals surface area contributed by atoms with Gasteiger partial charge in [0, 0.05) is 11.7 Å². The Hall–Kier alpha value is -2.92. The molecule has 0 aliphatic rings. The molecule has 2 aromatic rings. The van der Waals surface area contributed by atoms with Crippen LogP contribution in [0, 0.1) is 0 Å². The molecule has 2 rings (SSSR count). The Balaban J connectivity index is 2.01. The molecule has 30 heavy (non-hydrogen) atoms. The van der Waals surface area contributed by atoms with Crippen molar-refractivity contribution in [2.24, 2.45) is 0 Å². The summed E-state index contributed by atoms with van der Waals surface area (Å²) in [5.74, 6) is -1.82. The Bertz CT molecular complexity index is 1040. The highest BCUT2D eigenvalue weighted by Crippen LogP contribution is 2.30. The van der Waals surface area contributed by atoms with Crippen LogP contribution >= 0.6 is 0 Å². The van der Waals surface area contributed by atoms with Gasteiger partial charge in [-0.1, -0.05) is 12.1 Å². The van der Waals surface area contributed by atoms with Crippen molar-refractivity contribution in [3.63, 3.8) is 0 Å². The molecule has 0 aromatic heterocycles. The van der Waals surface area contributed by atoms with Crippen molar-refractivity contribution in [2.45, 2.75) is 31.0 Å². The molecule has 1 amide bonds. The van der Waals surface area contributed by atoms with Gasteiger partial charge in [0.2, 0.25) is 10.0 Å². The van der Waals surface area contributed by atoms with E-state index in [-0.39, 0.29) is 22.2 Å². The van der Waals surface area contributed by atoms with Gasteiger partial charge in [0.1, 0.15) is 0 Å². The highest BCUT2D eigenvalue weighted by atomic mass is 32.2. The van der Waals surface area contributed by atoms with Crippen LogP contribution in [-0.4, -0.2) is 32.9 Å². The first kappa shape index (κ1) is 23.4. The number of sulfonamides is 1. The zero-order valence-corrected chi connectivity index (χ0v) is 16.8. The maximum Gasteiger partial charge on any atom is 0.416 e. The normalized spacial score (nSPS) is 11.9. The van der Waals surface area contributed by atoms with Gasteiger partial charge < -0.3 is 10.1 Å². The van der Waals surface area contributed by atoms with E-state index in [1.54, 1.807) is 13.8 Å². The minimum atomic E-state index is -4.57. The Morgan fingerprint density at radius 1 is 1.07 bits per heavy atom. The van der Waals surface area contributed by atoms with Gasteiger partial charge in [-0.05, 0) is 50.2 Å². The number of alkyl halides is 3. The van der Waals surface area contributed by atoms with Gasteiger partial charge in [0.05, 0.1) is 16.0 Å². The largest absolute Gasteiger partial charge is 0.452 e. The minimum Gasteiger partial charge on any atom is -0.452 e. The van der Waals surface area contributed by atoms with Crippen LogP contribution in [0.15, 0.2) is 53.4 Å². The smallest absolute Gasteiger partial charge is 0.416 e. The summed E-state index contributed by atoms with van der Waals surface area (Å²) in [7, 11) is -3.83. The molecule has 0 aliphatic carbocycles. The lowest BCUT2D eigenvalue weighted by atomic mass is 10.2. The van der Waals surface area contributed by atoms with Crippen LogP contribution in [0.1, 0.15) is 29.8 Å². The van der Waals surface area contributed by atoms with Crippen LogP contribution < -0.4 is 10.0 Å². The predicted octanol–water partition coefficient (Wildman–Crippen LogP) is 3.19. The van der Waals surface area contributed by atoms with Crippen molar-refractivity contribution in [3.05, 3.63) is 59.7 Å². The van der Waals surface area contributed by atoms with Gasteiger partial charge in [0.25, 0.3) is 5.91 Å². The number of carbonyl (C=O) groups is 2. The third-order valence-corrected chi connectivity index (χ3v) is 5.24. The third kappa shape index (κ3) is 6.56. The number of hydrogen-bond acceptors (Lipinski definition) is 5. The van der Waals surface area contributed by atoms with E-state index in [0.29, 0.717) is 0 Å². The second-order valence-corrected chi connectivity index (χ2v) is 8.22. The maximum absolute atomic E-state index is 12.7. The average Bonchev–Trinajstić information content (AvgIpc) is 2.65. The molecule has 0 saturated heterocycles. The summed E-state index contributed by atoms with van der Waals surface area (Å²) in [6.07, 6.45) is -4.57. The van der Waals surface area contributed by atoms with E-state index >= 15 is 0 Å². The fraction of sp³-hybridized carbons (Fsp3) is 0.263. The number of esters is 1. The second-order valence-electron chi connectivity index (χ2n) is 6.51. The lowest BCUT2D eigenvalue weighted by Crippen LogP contribution is -2.30. The van der Waals surface area contributed by atoms with Gasteiger partial charge in [-0.2, -0.15) is 13.2 Å². The fourth-order valence-electron chi connectivity index (χ4n) is 2.35. The molecule has 0 atom stereocenters. The number of nitrogens with one attached hydrogen (secondary N) is 2. The SMILES string of the molecule is CC(C)NS(=O)(=O)c1cccc(C(=O)OCC(=O)Nc2cccc(C(F)(F)F)c2)c1. The molecule has 11 heteroatoms. The predicted molar refractivity (Wildman–Crippen MR) is 102 cm³/mol. The Labute approximate surface area is 171 Å². The summed E-state index contributed by atoms with van der Waals surface area (Å²) in [5.41, 5.74) is -1.16. The first-order valence-electron chi connectivity index (χ1n) is 8.65. The van der Waals surface area contributed by atoms with Gasteiger partial charge >= 0.3 is 12.1 Å². The van der Waals surface area contributed by atoms with E-state index in [9.17, 15) is 31.2 Å². The number of hydrogen-bond donors (Lipinski definition) is 2. The molecule has 0 radical (unpaired) electrons. The van der Waals surface area contributed by atoms with E-state index in [4.69, 9.17) is 4.74 Å². The Morgan fingerprint density at radius 2 is 1.73 bits per heavy atom. The third-order valence-electron chi connectivity index (χ3n) is 3.58. The first-order chi connectivity index (χ1) is 13.9. The summed E-state index contributed by atoms with van der Waals surface area (Å²) >= 11 is 0. The van der Waals surface area contributed by atoms with Crippen molar-refractivity contribution in [2.75, 3.05) is 11.9 Å². The van der Waals surface area contributed by atoms with Crippen LogP contribution in [0.3, 0.4) is 0 Å². The Kier molecular flexibility index (Phi) is 7.21. The summed E-state index contributed by atoms with van der Waals surface area (Å²) < 4.78 is 69.7. The number of rotatable bonds is 7. The lowest BCUT2D eigenvalue weighted by Gasteiger charge is -2.11. The zero-order valence-electron chi connectivity index (χ0n) is 16.0. The summed E-state index contributed by atoms with van der Waals surface area (Å²) in [6, 6.07) is 8.66. The molecule has 0 spiro atoms. The van der Waals surface area contributed by atoms with Gasteiger partial charge in [-0.3, -0.25) is 4.79 Å². The van der Waals surface area contributed by atoms with Crippen molar-refractivity contribution in [1.82, 2.24) is 4.72 Å². The molecule has 0 aliphatic heterocycles. The number of benzene rings is 2. The van der Waals surface area contributed by atoms with E-state index in [0.717, 1.165) is 24.3 Å². The molecular weight excluding hydrogens is 425 g/mol. The van der Waals surface area contributed by atoms with E-state index in [1.807, 2.05) is 0 Å². The second kappa shape index (κ2) is 9.26. The number of anilines is 1. The molecule has 2 N–H and O–H groups in total. The summed E-state index contributed by atoms with van der Waals surface area (Å²) in [6.45, 7) is 2.51. The topological polar surface area (TPSA) is 102 Å². The van der Waals surface area contributed by atoms with Crippen molar-refractivity contribution >= 4 is 27.6 Å². The van der Waals surface area contributed by atoms with Crippen LogP contribution in [0.5, 0.6) is 0 Å². The van der Waals surface area contributed by atoms with Crippen LogP contribution in [0.25, 0.3) is 0 Å². The molecule has 0 fully saturated rings. The van der Waals surface area contributed by atoms with E-state index in [1.165, 1.54) is 24.3 Å². The number of halogens is 3. The van der Waals surface area contributed by atoms with Gasteiger partial charge in [0.15, 0.2) is 6.61 Å². The first-order valence-corrected chi connectivity index (χ1v) is 10.1. The van der Waals surface area contributed by atoms with Crippen LogP contribution in [0.4, 0.5) is 18.9 Å². The van der Waals surface area contributed by atoms with Crippen LogP contribution in [-0.2, 0) is 25.7 Å². The summed E-state index contributed by atoms with van der Waals surface area (Å²) in [4.78, 5) is 23.8.